The zero-order valence-electron chi connectivity index (χ0n) is 22.0. The number of hydrogen-bond donors (Lipinski definition) is 1. The van der Waals surface area contributed by atoms with E-state index in [0.29, 0.717) is 28.0 Å². The third-order valence-corrected chi connectivity index (χ3v) is 10.7. The van der Waals surface area contributed by atoms with Crippen LogP contribution in [0.4, 0.5) is 15.5 Å². The van der Waals surface area contributed by atoms with Gasteiger partial charge in [0.05, 0.1) is 29.1 Å². The highest BCUT2D eigenvalue weighted by Crippen LogP contribution is 2.61. The second kappa shape index (κ2) is 9.22. The van der Waals surface area contributed by atoms with Crippen molar-refractivity contribution >= 4 is 36.5 Å². The molecule has 2 aliphatic rings. The van der Waals surface area contributed by atoms with E-state index in [1.807, 2.05) is 49.4 Å². The Morgan fingerprint density at radius 3 is 2.46 bits per heavy atom. The SMILES string of the molecule is C[C@@H]1[C@@H]([Si](C)(C)F)[C@H](CCO)O[C@@]12C(=O)N(c1ccccc1)c1ccc(-n3ncc4ccccc4c3=O)cc12. The van der Waals surface area contributed by atoms with Crippen LogP contribution in [0.2, 0.25) is 18.6 Å². The summed E-state index contributed by atoms with van der Waals surface area (Å²) in [4.78, 5) is 29.5. The van der Waals surface area contributed by atoms with E-state index in [1.165, 1.54) is 4.68 Å². The number of carbonyl (C=O) groups excluding carboxylic acids is 1. The fraction of sp³-hybridized carbons (Fsp3) is 0.300. The van der Waals surface area contributed by atoms with Crippen molar-refractivity contribution in [2.45, 2.75) is 43.7 Å². The van der Waals surface area contributed by atoms with E-state index in [-0.39, 0.29) is 24.5 Å². The molecule has 1 saturated heterocycles. The highest BCUT2D eigenvalue weighted by Gasteiger charge is 2.66. The number of aliphatic hydroxyl groups is 1. The second-order valence-corrected chi connectivity index (χ2v) is 14.7. The van der Waals surface area contributed by atoms with Crippen molar-refractivity contribution in [3.05, 3.63) is 94.9 Å². The summed E-state index contributed by atoms with van der Waals surface area (Å²) in [6.45, 7) is 4.96. The van der Waals surface area contributed by atoms with Crippen LogP contribution in [-0.4, -0.2) is 41.9 Å². The molecule has 4 atom stereocenters. The van der Waals surface area contributed by atoms with E-state index in [2.05, 4.69) is 5.10 Å². The molecule has 0 unspecified atom stereocenters. The van der Waals surface area contributed by atoms with Crippen LogP contribution in [0, 0.1) is 5.92 Å². The van der Waals surface area contributed by atoms with Crippen molar-refractivity contribution in [3.63, 3.8) is 0 Å². The number of rotatable bonds is 5. The maximum atomic E-state index is 15.8. The zero-order valence-corrected chi connectivity index (χ0v) is 23.0. The van der Waals surface area contributed by atoms with Gasteiger partial charge < -0.3 is 14.0 Å². The first-order chi connectivity index (χ1) is 18.7. The maximum Gasteiger partial charge on any atom is 0.279 e. The lowest BCUT2D eigenvalue weighted by atomic mass is 9.82. The standard InChI is InChI=1S/C30H30FN3O4Si/c1-19-27(39(2,3)31)26(15-16-35)38-30(19)24-17-22(34-28(36)23-12-8-7-9-20(23)18-32-34)13-14-25(24)33(29(30)37)21-10-5-4-6-11-21/h4-14,17-19,26-27,35H,15-16H2,1-3H3/t19-,26+,27-,30+/m1/s1. The van der Waals surface area contributed by atoms with Gasteiger partial charge in [-0.05, 0) is 55.9 Å². The van der Waals surface area contributed by atoms with E-state index in [1.54, 1.807) is 54.5 Å². The van der Waals surface area contributed by atoms with Crippen molar-refractivity contribution in [1.29, 1.82) is 0 Å². The van der Waals surface area contributed by atoms with Crippen LogP contribution in [0.25, 0.3) is 16.5 Å². The molecular weight excluding hydrogens is 513 g/mol. The number of halogens is 1. The molecule has 1 fully saturated rings. The van der Waals surface area contributed by atoms with Gasteiger partial charge in [0.15, 0.2) is 5.60 Å². The van der Waals surface area contributed by atoms with Crippen molar-refractivity contribution in [3.8, 4) is 5.69 Å². The summed E-state index contributed by atoms with van der Waals surface area (Å²) in [5, 5.41) is 15.5. The Morgan fingerprint density at radius 2 is 1.74 bits per heavy atom. The lowest BCUT2D eigenvalue weighted by Crippen LogP contribution is -2.44. The maximum absolute atomic E-state index is 15.8. The smallest absolute Gasteiger partial charge is 0.279 e. The van der Waals surface area contributed by atoms with Crippen molar-refractivity contribution in [2.75, 3.05) is 11.5 Å². The molecule has 3 aromatic carbocycles. The molecule has 1 aromatic heterocycles. The monoisotopic (exact) mass is 543 g/mol. The summed E-state index contributed by atoms with van der Waals surface area (Å²) in [7, 11) is -3.32. The number of para-hydroxylation sites is 1. The van der Waals surface area contributed by atoms with Crippen molar-refractivity contribution in [2.24, 2.45) is 5.92 Å². The van der Waals surface area contributed by atoms with E-state index in [4.69, 9.17) is 4.74 Å². The summed E-state index contributed by atoms with van der Waals surface area (Å²) < 4.78 is 23.8. The lowest BCUT2D eigenvalue weighted by Gasteiger charge is -2.31. The minimum Gasteiger partial charge on any atom is -0.396 e. The van der Waals surface area contributed by atoms with Crippen LogP contribution in [0.15, 0.2) is 83.8 Å². The average Bonchev–Trinajstić information content (AvgIpc) is 3.35. The molecule has 200 valence electrons. The predicted molar refractivity (Wildman–Crippen MR) is 151 cm³/mol. The summed E-state index contributed by atoms with van der Waals surface area (Å²) in [6.07, 6.45) is 1.26. The predicted octanol–water partition coefficient (Wildman–Crippen LogP) is 5.22. The van der Waals surface area contributed by atoms with Crippen LogP contribution >= 0.6 is 0 Å². The van der Waals surface area contributed by atoms with Gasteiger partial charge in [0.2, 0.25) is 8.41 Å². The summed E-state index contributed by atoms with van der Waals surface area (Å²) in [6, 6.07) is 21.9. The van der Waals surface area contributed by atoms with Crippen LogP contribution < -0.4 is 10.5 Å². The summed E-state index contributed by atoms with van der Waals surface area (Å²) >= 11 is 0. The number of amides is 1. The zero-order chi connectivity index (χ0) is 27.5. The molecule has 4 aromatic rings. The van der Waals surface area contributed by atoms with E-state index < -0.39 is 31.6 Å². The first-order valence-corrected chi connectivity index (χ1v) is 16.1. The molecule has 9 heteroatoms. The highest BCUT2D eigenvalue weighted by atomic mass is 28.4. The van der Waals surface area contributed by atoms with Gasteiger partial charge >= 0.3 is 0 Å². The number of anilines is 2. The third kappa shape index (κ3) is 3.79. The summed E-state index contributed by atoms with van der Waals surface area (Å²) in [5.41, 5.74) is 0.0970. The first kappa shape index (κ1) is 25.6. The molecule has 1 amide bonds. The van der Waals surface area contributed by atoms with Gasteiger partial charge in [0.25, 0.3) is 11.5 Å². The minimum absolute atomic E-state index is 0.172. The third-order valence-electron chi connectivity index (χ3n) is 8.22. The molecule has 7 nitrogen and oxygen atoms in total. The quantitative estimate of drug-likeness (QED) is 0.276. The Kier molecular flexibility index (Phi) is 6.05. The Morgan fingerprint density at radius 1 is 1.03 bits per heavy atom. The first-order valence-electron chi connectivity index (χ1n) is 13.2. The molecule has 0 radical (unpaired) electrons. The van der Waals surface area contributed by atoms with Gasteiger partial charge in [0, 0.05) is 34.7 Å². The Labute approximate surface area is 226 Å². The molecule has 3 heterocycles. The molecule has 1 spiro atoms. The number of hydrogen-bond acceptors (Lipinski definition) is 5. The number of ether oxygens (including phenoxy) is 1. The number of fused-ring (bicyclic) bond motifs is 3. The Balaban J connectivity index is 1.58. The number of benzene rings is 3. The highest BCUT2D eigenvalue weighted by molar-refractivity contribution is 6.72. The molecular formula is C30H30FN3O4Si. The fourth-order valence-corrected chi connectivity index (χ4v) is 9.14. The fourth-order valence-electron chi connectivity index (χ4n) is 6.60. The van der Waals surface area contributed by atoms with E-state index in [9.17, 15) is 14.7 Å². The van der Waals surface area contributed by atoms with E-state index >= 15 is 4.11 Å². The van der Waals surface area contributed by atoms with Gasteiger partial charge in [-0.1, -0.05) is 43.3 Å². The van der Waals surface area contributed by atoms with Crippen molar-refractivity contribution < 1.29 is 18.7 Å². The van der Waals surface area contributed by atoms with Gasteiger partial charge in [-0.2, -0.15) is 9.78 Å². The molecule has 0 bridgehead atoms. The average molecular weight is 544 g/mol. The van der Waals surface area contributed by atoms with Crippen molar-refractivity contribution in [1.82, 2.24) is 9.78 Å². The largest absolute Gasteiger partial charge is 0.396 e. The second-order valence-electron chi connectivity index (χ2n) is 10.9. The normalized spacial score (nSPS) is 24.6. The Hall–Kier alpha value is -3.66. The minimum atomic E-state index is -3.32. The molecule has 0 aliphatic carbocycles. The van der Waals surface area contributed by atoms with Gasteiger partial charge in [0.1, 0.15) is 0 Å². The van der Waals surface area contributed by atoms with Crippen LogP contribution in [0.3, 0.4) is 0 Å². The van der Waals surface area contributed by atoms with Crippen LogP contribution in [-0.2, 0) is 15.1 Å². The molecule has 0 saturated carbocycles. The van der Waals surface area contributed by atoms with Crippen LogP contribution in [0.5, 0.6) is 0 Å². The van der Waals surface area contributed by atoms with Crippen LogP contribution in [0.1, 0.15) is 18.9 Å². The summed E-state index contributed by atoms with van der Waals surface area (Å²) in [5.74, 6) is -0.798. The molecule has 6 rings (SSSR count). The van der Waals surface area contributed by atoms with Gasteiger partial charge in [-0.25, -0.2) is 0 Å². The lowest BCUT2D eigenvalue weighted by molar-refractivity contribution is -0.145. The molecule has 2 aliphatic heterocycles. The molecule has 39 heavy (non-hydrogen) atoms. The number of aliphatic hydroxyl groups excluding tert-OH is 1. The molecule has 1 N–H and O–H groups in total. The Bertz CT molecular complexity index is 1640. The topological polar surface area (TPSA) is 84.7 Å². The number of nitrogens with zero attached hydrogens (tertiary/aromatic N) is 3. The van der Waals surface area contributed by atoms with Gasteiger partial charge in [-0.15, -0.1) is 0 Å². The number of aromatic nitrogens is 2. The van der Waals surface area contributed by atoms with E-state index in [0.717, 1.165) is 5.39 Å². The number of carbonyl (C=O) groups is 1. The van der Waals surface area contributed by atoms with Gasteiger partial charge in [-0.3, -0.25) is 14.5 Å².